The summed E-state index contributed by atoms with van der Waals surface area (Å²) in [7, 11) is 0. The van der Waals surface area contributed by atoms with Crippen molar-refractivity contribution in [1.82, 2.24) is 0 Å². The first-order chi connectivity index (χ1) is 17.0. The Labute approximate surface area is 201 Å². The predicted molar refractivity (Wildman–Crippen MR) is 126 cm³/mol. The molecule has 35 heavy (non-hydrogen) atoms. The third kappa shape index (κ3) is 6.75. The van der Waals surface area contributed by atoms with E-state index in [1.54, 1.807) is 24.3 Å². The van der Waals surface area contributed by atoms with E-state index in [2.05, 4.69) is 0 Å². The normalized spacial score (nSPS) is 10.7. The molecule has 0 spiro atoms. The Morgan fingerprint density at radius 2 is 0.857 bits per heavy atom. The molecule has 2 aromatic heterocycles. The molecule has 0 aliphatic carbocycles. The van der Waals surface area contributed by atoms with Crippen LogP contribution in [0.4, 0.5) is 11.4 Å². The van der Waals surface area contributed by atoms with E-state index < -0.39 is 9.85 Å². The zero-order valence-electron chi connectivity index (χ0n) is 18.9. The molecule has 0 bridgehead atoms. The Hall–Kier alpha value is -4.50. The Morgan fingerprint density at radius 3 is 1.17 bits per heavy atom. The molecule has 0 atom stereocenters. The second-order valence-electron chi connectivity index (χ2n) is 8.10. The minimum atomic E-state index is -0.399. The van der Waals surface area contributed by atoms with Gasteiger partial charge < -0.3 is 0 Å². The first kappa shape index (κ1) is 23.7. The highest BCUT2D eigenvalue weighted by molar-refractivity contribution is 5.35. The smallest absolute Gasteiger partial charge is 0.262 e. The summed E-state index contributed by atoms with van der Waals surface area (Å²) in [6.45, 7) is 0.796. The number of nitrogens with zero attached hydrogens (tertiary/aromatic N) is 4. The van der Waals surface area contributed by atoms with E-state index >= 15 is 0 Å². The molecule has 9 nitrogen and oxygen atoms in total. The van der Waals surface area contributed by atoms with Crippen molar-refractivity contribution in [2.24, 2.45) is 0 Å². The number of hydrogen-bond donors (Lipinski definition) is 0. The highest BCUT2D eigenvalue weighted by Gasteiger charge is 2.08. The lowest BCUT2D eigenvalue weighted by Gasteiger charge is -2.03. The molecule has 0 saturated carbocycles. The summed E-state index contributed by atoms with van der Waals surface area (Å²) < 4.78 is 9.66. The van der Waals surface area contributed by atoms with E-state index in [9.17, 15) is 20.2 Å². The van der Waals surface area contributed by atoms with Gasteiger partial charge in [-0.3, -0.25) is 25.0 Å². The number of ether oxygens (including phenoxy) is 1. The number of benzene rings is 2. The van der Waals surface area contributed by atoms with Crippen LogP contribution in [0.15, 0.2) is 97.6 Å². The van der Waals surface area contributed by atoms with Crippen molar-refractivity contribution < 1.29 is 23.7 Å². The van der Waals surface area contributed by atoms with Crippen molar-refractivity contribution in [2.75, 3.05) is 0 Å². The summed E-state index contributed by atoms with van der Waals surface area (Å²) >= 11 is 0. The zero-order valence-corrected chi connectivity index (χ0v) is 18.9. The van der Waals surface area contributed by atoms with Gasteiger partial charge in [-0.25, -0.2) is 0 Å². The quantitative estimate of drug-likeness (QED) is 0.198. The van der Waals surface area contributed by atoms with Gasteiger partial charge in [-0.15, -0.1) is 0 Å². The van der Waals surface area contributed by atoms with Gasteiger partial charge in [0.15, 0.2) is 24.8 Å². The molecule has 2 heterocycles. The number of rotatable bonds is 10. The molecule has 4 rings (SSSR count). The Kier molecular flexibility index (Phi) is 7.49. The molecule has 4 aromatic rings. The van der Waals surface area contributed by atoms with Gasteiger partial charge in [-0.2, -0.15) is 9.13 Å². The van der Waals surface area contributed by atoms with Crippen LogP contribution in [0, 0.1) is 20.2 Å². The fourth-order valence-corrected chi connectivity index (χ4v) is 3.58. The van der Waals surface area contributed by atoms with Crippen LogP contribution in [0.3, 0.4) is 0 Å². The summed E-state index contributed by atoms with van der Waals surface area (Å²) in [5, 5.41) is 21.5. The van der Waals surface area contributed by atoms with Crippen LogP contribution >= 0.6 is 0 Å². The van der Waals surface area contributed by atoms with Gasteiger partial charge in [-0.1, -0.05) is 24.3 Å². The fourth-order valence-electron chi connectivity index (χ4n) is 3.58. The van der Waals surface area contributed by atoms with Crippen molar-refractivity contribution in [1.29, 1.82) is 0 Å². The number of non-ortho nitro benzene ring substituents is 2. The summed E-state index contributed by atoms with van der Waals surface area (Å²) in [6, 6.07) is 21.2. The van der Waals surface area contributed by atoms with Crippen LogP contribution in [0.5, 0.6) is 0 Å². The van der Waals surface area contributed by atoms with Crippen LogP contribution in [-0.4, -0.2) is 9.85 Å². The monoisotopic (exact) mass is 472 g/mol. The number of hydrogen-bond acceptors (Lipinski definition) is 5. The Balaban J connectivity index is 1.23. The molecule has 0 N–H and O–H groups in total. The van der Waals surface area contributed by atoms with Gasteiger partial charge in [0.25, 0.3) is 24.8 Å². The third-order valence-corrected chi connectivity index (χ3v) is 5.51. The zero-order chi connectivity index (χ0) is 24.6. The molecule has 0 amide bonds. The van der Waals surface area contributed by atoms with E-state index in [0.29, 0.717) is 26.3 Å². The second-order valence-corrected chi connectivity index (χ2v) is 8.10. The highest BCUT2D eigenvalue weighted by atomic mass is 16.6. The Morgan fingerprint density at radius 1 is 0.543 bits per heavy atom. The average Bonchev–Trinajstić information content (AvgIpc) is 2.87. The predicted octanol–water partition coefficient (Wildman–Crippen LogP) is 3.89. The van der Waals surface area contributed by atoms with Crippen LogP contribution in [0.1, 0.15) is 22.3 Å². The maximum atomic E-state index is 10.8. The number of nitro groups is 2. The van der Waals surface area contributed by atoms with Gasteiger partial charge in [0, 0.05) is 48.5 Å². The topological polar surface area (TPSA) is 103 Å². The first-order valence-corrected chi connectivity index (χ1v) is 11.0. The van der Waals surface area contributed by atoms with Gasteiger partial charge in [0.1, 0.15) is 0 Å². The molecule has 176 valence electrons. The fraction of sp³-hybridized carbons (Fsp3) is 0.154. The first-order valence-electron chi connectivity index (χ1n) is 11.0. The summed E-state index contributed by atoms with van der Waals surface area (Å²) in [6.07, 6.45) is 9.16. The molecule has 0 aliphatic heterocycles. The lowest BCUT2D eigenvalue weighted by atomic mass is 10.1. The van der Waals surface area contributed by atoms with Crippen LogP contribution in [0.2, 0.25) is 0 Å². The minimum Gasteiger partial charge on any atom is -0.262 e. The standard InChI is InChI=1S/C26H24N4O5/c31-29(32)25-5-1-21(2-6-25)17-23-9-13-27(14-10-23)19-35-20-28-15-11-24(12-16-28)18-22-3-7-26(8-4-22)30(33)34/h1-16H,17-20H2/q+2. The lowest BCUT2D eigenvalue weighted by Crippen LogP contribution is -2.40. The minimum absolute atomic E-state index is 0.0915. The highest BCUT2D eigenvalue weighted by Crippen LogP contribution is 2.15. The van der Waals surface area contributed by atoms with E-state index in [0.717, 1.165) is 22.3 Å². The van der Waals surface area contributed by atoms with Crippen LogP contribution < -0.4 is 9.13 Å². The van der Waals surface area contributed by atoms with Gasteiger partial charge in [0.2, 0.25) is 0 Å². The second kappa shape index (κ2) is 11.1. The lowest BCUT2D eigenvalue weighted by molar-refractivity contribution is -0.788. The largest absolute Gasteiger partial charge is 0.269 e. The maximum absolute atomic E-state index is 10.8. The van der Waals surface area contributed by atoms with Crippen LogP contribution in [0.25, 0.3) is 0 Å². The molecule has 9 heteroatoms. The van der Waals surface area contributed by atoms with Crippen molar-refractivity contribution in [3.63, 3.8) is 0 Å². The van der Waals surface area contributed by atoms with Gasteiger partial charge in [-0.05, 0) is 35.1 Å². The molecular weight excluding hydrogens is 448 g/mol. The molecule has 0 radical (unpaired) electrons. The van der Waals surface area contributed by atoms with Crippen molar-refractivity contribution >= 4 is 11.4 Å². The molecule has 2 aromatic carbocycles. The van der Waals surface area contributed by atoms with Crippen molar-refractivity contribution in [3.05, 3.63) is 140 Å². The summed E-state index contributed by atoms with van der Waals surface area (Å²) in [5.74, 6) is 0. The number of aromatic nitrogens is 2. The summed E-state index contributed by atoms with van der Waals surface area (Å²) in [5.41, 5.74) is 4.42. The van der Waals surface area contributed by atoms with Crippen molar-refractivity contribution in [3.8, 4) is 0 Å². The van der Waals surface area contributed by atoms with E-state index in [-0.39, 0.29) is 11.4 Å². The average molecular weight is 473 g/mol. The SMILES string of the molecule is O=[N+]([O-])c1ccc(Cc2cc[n+](COC[n+]3ccc(Cc4ccc([N+](=O)[O-])cc4)cc3)cc2)cc1. The van der Waals surface area contributed by atoms with Gasteiger partial charge >= 0.3 is 0 Å². The summed E-state index contributed by atoms with van der Waals surface area (Å²) in [4.78, 5) is 20.7. The van der Waals surface area contributed by atoms with E-state index in [1.165, 1.54) is 24.3 Å². The molecule has 0 saturated heterocycles. The number of nitro benzene ring substituents is 2. The maximum Gasteiger partial charge on any atom is 0.269 e. The van der Waals surface area contributed by atoms with Gasteiger partial charge in [0.05, 0.1) is 9.85 Å². The Bertz CT molecular complexity index is 1190. The molecular formula is C26H24N4O5+2. The van der Waals surface area contributed by atoms with E-state index in [4.69, 9.17) is 4.74 Å². The van der Waals surface area contributed by atoms with Crippen LogP contribution in [-0.2, 0) is 31.0 Å². The third-order valence-electron chi connectivity index (χ3n) is 5.51. The molecule has 0 aliphatic rings. The molecule has 0 unspecified atom stereocenters. The van der Waals surface area contributed by atoms with Crippen molar-refractivity contribution in [2.45, 2.75) is 26.3 Å². The number of pyridine rings is 2. The van der Waals surface area contributed by atoms with E-state index in [1.807, 2.05) is 58.2 Å². The molecule has 0 fully saturated rings.